The van der Waals surface area contributed by atoms with E-state index in [9.17, 15) is 0 Å². The maximum Gasteiger partial charge on any atom is 0.250 e. The minimum absolute atomic E-state index is 0.222. The predicted octanol–water partition coefficient (Wildman–Crippen LogP) is 6.59. The molecule has 0 aromatic rings. The lowest BCUT2D eigenvalue weighted by Crippen LogP contribution is -2.41. The Kier molecular flexibility index (Phi) is 5.51. The molecule has 2 nitrogen and oxygen atoms in total. The Balaban J connectivity index is 2.87. The quantitative estimate of drug-likeness (QED) is 0.537. The van der Waals surface area contributed by atoms with Gasteiger partial charge in [-0.3, -0.25) is 0 Å². The normalized spacial score (nSPS) is 17.7. The first-order valence-electron chi connectivity index (χ1n) is 8.44. The SMILES string of the molecule is CC(C)(C)[Si](C)(C)OC1=CCCC(O[Si](C)(C)C(C)(C)C)=C1. The van der Waals surface area contributed by atoms with Gasteiger partial charge in [0.1, 0.15) is 5.76 Å². The van der Waals surface area contributed by atoms with Crippen LogP contribution in [0.1, 0.15) is 54.4 Å². The summed E-state index contributed by atoms with van der Waals surface area (Å²) in [7, 11) is -3.53. The number of allylic oxidation sites excluding steroid dienone is 3. The summed E-state index contributed by atoms with van der Waals surface area (Å²) >= 11 is 0. The summed E-state index contributed by atoms with van der Waals surface area (Å²) in [5.74, 6) is 2.13. The first kappa shape index (κ1) is 19.6. The molecule has 0 aromatic carbocycles. The van der Waals surface area contributed by atoms with Crippen molar-refractivity contribution in [3.05, 3.63) is 23.7 Å². The summed E-state index contributed by atoms with van der Waals surface area (Å²) in [6.45, 7) is 22.9. The third kappa shape index (κ3) is 4.75. The van der Waals surface area contributed by atoms with Crippen LogP contribution in [0.5, 0.6) is 0 Å². The molecule has 0 amide bonds. The Bertz CT molecular complexity index is 460. The van der Waals surface area contributed by atoms with Gasteiger partial charge in [0.15, 0.2) is 0 Å². The molecule has 0 saturated carbocycles. The van der Waals surface area contributed by atoms with Crippen LogP contribution < -0.4 is 0 Å². The van der Waals surface area contributed by atoms with E-state index in [-0.39, 0.29) is 10.1 Å². The summed E-state index contributed by atoms with van der Waals surface area (Å²) in [6, 6.07) is 0. The predicted molar refractivity (Wildman–Crippen MR) is 102 cm³/mol. The molecule has 1 rings (SSSR count). The molecule has 0 unspecified atom stereocenters. The second-order valence-corrected chi connectivity index (χ2v) is 18.9. The van der Waals surface area contributed by atoms with Gasteiger partial charge in [-0.15, -0.1) is 0 Å². The molecule has 128 valence electrons. The van der Waals surface area contributed by atoms with Crippen molar-refractivity contribution in [3.63, 3.8) is 0 Å². The van der Waals surface area contributed by atoms with Crippen molar-refractivity contribution in [2.24, 2.45) is 0 Å². The lowest BCUT2D eigenvalue weighted by atomic mass is 10.1. The average Bonchev–Trinajstić information content (AvgIpc) is 2.24. The first-order valence-corrected chi connectivity index (χ1v) is 14.3. The molecule has 4 heteroatoms. The smallest absolute Gasteiger partial charge is 0.250 e. The minimum atomic E-state index is -1.77. The highest BCUT2D eigenvalue weighted by atomic mass is 28.4. The zero-order chi connectivity index (χ0) is 17.4. The van der Waals surface area contributed by atoms with Gasteiger partial charge in [-0.1, -0.05) is 41.5 Å². The van der Waals surface area contributed by atoms with Gasteiger partial charge in [0.2, 0.25) is 16.6 Å². The van der Waals surface area contributed by atoms with Crippen molar-refractivity contribution in [1.82, 2.24) is 0 Å². The van der Waals surface area contributed by atoms with Crippen LogP contribution in [-0.2, 0) is 8.85 Å². The Morgan fingerprint density at radius 3 is 1.73 bits per heavy atom. The average molecular weight is 341 g/mol. The molecular weight excluding hydrogens is 304 g/mol. The molecular formula is C18H36O2Si2. The van der Waals surface area contributed by atoms with Gasteiger partial charge in [0.25, 0.3) is 0 Å². The van der Waals surface area contributed by atoms with Gasteiger partial charge in [-0.2, -0.15) is 0 Å². The van der Waals surface area contributed by atoms with E-state index in [4.69, 9.17) is 8.85 Å². The minimum Gasteiger partial charge on any atom is -0.546 e. The third-order valence-corrected chi connectivity index (χ3v) is 14.2. The second-order valence-electron chi connectivity index (χ2n) is 9.48. The lowest BCUT2D eigenvalue weighted by Gasteiger charge is -2.39. The number of hydrogen-bond acceptors (Lipinski definition) is 2. The maximum atomic E-state index is 6.47. The van der Waals surface area contributed by atoms with Crippen LogP contribution in [0.25, 0.3) is 0 Å². The van der Waals surface area contributed by atoms with Crippen LogP contribution >= 0.6 is 0 Å². The standard InChI is InChI=1S/C18H36O2Si2/c1-17(2,3)21(7,8)19-15-12-11-13-16(14-15)20-22(9,10)18(4,5)6/h12,14H,11,13H2,1-10H3. The van der Waals surface area contributed by atoms with Crippen LogP contribution in [-0.4, -0.2) is 16.6 Å². The molecule has 0 saturated heterocycles. The van der Waals surface area contributed by atoms with Crippen molar-refractivity contribution >= 4 is 16.6 Å². The summed E-state index contributed by atoms with van der Waals surface area (Å²) < 4.78 is 12.9. The van der Waals surface area contributed by atoms with Gasteiger partial charge in [0, 0.05) is 12.5 Å². The van der Waals surface area contributed by atoms with E-state index in [0.29, 0.717) is 0 Å². The van der Waals surface area contributed by atoms with E-state index >= 15 is 0 Å². The Labute approximate surface area is 140 Å². The maximum absolute atomic E-state index is 6.47. The molecule has 1 aliphatic carbocycles. The van der Waals surface area contributed by atoms with Crippen LogP contribution in [0, 0.1) is 0 Å². The Morgan fingerprint density at radius 2 is 1.27 bits per heavy atom. The molecule has 0 heterocycles. The van der Waals surface area contributed by atoms with Crippen LogP contribution in [0.3, 0.4) is 0 Å². The van der Waals surface area contributed by atoms with E-state index in [0.717, 1.165) is 24.4 Å². The van der Waals surface area contributed by atoms with E-state index in [1.165, 1.54) is 0 Å². The highest BCUT2D eigenvalue weighted by Gasteiger charge is 2.41. The third-order valence-electron chi connectivity index (χ3n) is 5.41. The molecule has 0 spiro atoms. The monoisotopic (exact) mass is 340 g/mol. The van der Waals surface area contributed by atoms with Crippen molar-refractivity contribution in [3.8, 4) is 0 Å². The molecule has 0 N–H and O–H groups in total. The van der Waals surface area contributed by atoms with E-state index in [2.05, 4.69) is 79.9 Å². The zero-order valence-corrected chi connectivity index (χ0v) is 18.4. The molecule has 0 atom stereocenters. The van der Waals surface area contributed by atoms with Crippen LogP contribution in [0.2, 0.25) is 36.3 Å². The summed E-state index contributed by atoms with van der Waals surface area (Å²) in [5, 5.41) is 0.453. The second kappa shape index (κ2) is 6.19. The van der Waals surface area contributed by atoms with E-state index < -0.39 is 16.6 Å². The number of hydrogen-bond donors (Lipinski definition) is 0. The van der Waals surface area contributed by atoms with Crippen molar-refractivity contribution in [1.29, 1.82) is 0 Å². The zero-order valence-electron chi connectivity index (χ0n) is 16.4. The fraction of sp³-hybridized carbons (Fsp3) is 0.778. The van der Waals surface area contributed by atoms with Crippen molar-refractivity contribution < 1.29 is 8.85 Å². The van der Waals surface area contributed by atoms with Gasteiger partial charge in [0.05, 0.1) is 5.76 Å². The fourth-order valence-corrected chi connectivity index (χ4v) is 3.89. The van der Waals surface area contributed by atoms with Crippen LogP contribution in [0.4, 0.5) is 0 Å². The van der Waals surface area contributed by atoms with Crippen LogP contribution in [0.15, 0.2) is 23.7 Å². The number of rotatable bonds is 4. The largest absolute Gasteiger partial charge is 0.546 e. The van der Waals surface area contributed by atoms with Gasteiger partial charge in [-0.25, -0.2) is 0 Å². The molecule has 22 heavy (non-hydrogen) atoms. The fourth-order valence-electron chi connectivity index (χ4n) is 1.73. The van der Waals surface area contributed by atoms with Gasteiger partial charge < -0.3 is 8.85 Å². The summed E-state index contributed by atoms with van der Waals surface area (Å²) in [6.07, 6.45) is 6.38. The molecule has 0 aliphatic heterocycles. The molecule has 0 aromatic heterocycles. The van der Waals surface area contributed by atoms with E-state index in [1.54, 1.807) is 0 Å². The Hall–Kier alpha value is -0.486. The Morgan fingerprint density at radius 1 is 0.818 bits per heavy atom. The van der Waals surface area contributed by atoms with Gasteiger partial charge in [-0.05, 0) is 48.8 Å². The molecule has 1 aliphatic rings. The molecule has 0 radical (unpaired) electrons. The summed E-state index contributed by atoms with van der Waals surface area (Å²) in [4.78, 5) is 0. The van der Waals surface area contributed by atoms with Crippen molar-refractivity contribution in [2.75, 3.05) is 0 Å². The summed E-state index contributed by atoms with van der Waals surface area (Å²) in [5.41, 5.74) is 0. The topological polar surface area (TPSA) is 18.5 Å². The molecule has 0 bridgehead atoms. The molecule has 0 fully saturated rings. The van der Waals surface area contributed by atoms with Crippen molar-refractivity contribution in [2.45, 2.75) is 90.6 Å². The lowest BCUT2D eigenvalue weighted by molar-refractivity contribution is 0.346. The highest BCUT2D eigenvalue weighted by molar-refractivity contribution is 6.74. The highest BCUT2D eigenvalue weighted by Crippen LogP contribution is 2.41. The van der Waals surface area contributed by atoms with Gasteiger partial charge >= 0.3 is 0 Å². The first-order chi connectivity index (χ1) is 9.66. The van der Waals surface area contributed by atoms with E-state index in [1.807, 2.05) is 0 Å².